The Balaban J connectivity index is 1.55. The number of amides is 1. The number of carbonyl (C=O) groups excluding carboxylic acids is 1. The standard InChI is InChI=1S/C21H26N2O2/c1-2-25-20-12-8-18(9-13-20)21(24)22-19-10-6-17(7-11-19)16-23-14-4-3-5-15-23/h6-13H,2-5,14-16H2,1H3,(H,22,24). The highest BCUT2D eigenvalue weighted by Gasteiger charge is 2.11. The van der Waals surface area contributed by atoms with E-state index in [1.54, 1.807) is 12.1 Å². The van der Waals surface area contributed by atoms with Gasteiger partial charge in [-0.15, -0.1) is 0 Å². The first-order valence-corrected chi connectivity index (χ1v) is 9.10. The molecule has 0 unspecified atom stereocenters. The molecule has 132 valence electrons. The lowest BCUT2D eigenvalue weighted by molar-refractivity contribution is 0.102. The largest absolute Gasteiger partial charge is 0.494 e. The van der Waals surface area contributed by atoms with Crippen LogP contribution in [0.2, 0.25) is 0 Å². The molecule has 0 bridgehead atoms. The van der Waals surface area contributed by atoms with Gasteiger partial charge in [-0.3, -0.25) is 9.69 Å². The Hall–Kier alpha value is -2.33. The molecule has 4 nitrogen and oxygen atoms in total. The van der Waals surface area contributed by atoms with Crippen molar-refractivity contribution in [3.63, 3.8) is 0 Å². The number of ether oxygens (including phenoxy) is 1. The van der Waals surface area contributed by atoms with Crippen LogP contribution in [0.25, 0.3) is 0 Å². The van der Waals surface area contributed by atoms with E-state index in [1.807, 2.05) is 31.2 Å². The molecule has 1 N–H and O–H groups in total. The summed E-state index contributed by atoms with van der Waals surface area (Å²) in [5.41, 5.74) is 2.74. The average molecular weight is 338 g/mol. The van der Waals surface area contributed by atoms with Crippen LogP contribution >= 0.6 is 0 Å². The van der Waals surface area contributed by atoms with Crippen molar-refractivity contribution < 1.29 is 9.53 Å². The SMILES string of the molecule is CCOc1ccc(C(=O)Nc2ccc(CN3CCCCC3)cc2)cc1. The molecule has 1 fully saturated rings. The zero-order chi connectivity index (χ0) is 17.5. The van der Waals surface area contributed by atoms with E-state index >= 15 is 0 Å². The van der Waals surface area contributed by atoms with Gasteiger partial charge in [-0.1, -0.05) is 18.6 Å². The molecule has 1 heterocycles. The van der Waals surface area contributed by atoms with Gasteiger partial charge in [0.25, 0.3) is 5.91 Å². The number of hydrogen-bond acceptors (Lipinski definition) is 3. The molecule has 2 aromatic carbocycles. The van der Waals surface area contributed by atoms with Crippen LogP contribution in [0.15, 0.2) is 48.5 Å². The highest BCUT2D eigenvalue weighted by Crippen LogP contribution is 2.17. The molecular weight excluding hydrogens is 312 g/mol. The first kappa shape index (κ1) is 17.5. The maximum atomic E-state index is 12.3. The third kappa shape index (κ3) is 5.07. The Kier molecular flexibility index (Phi) is 6.07. The van der Waals surface area contributed by atoms with Crippen LogP contribution in [0.1, 0.15) is 42.1 Å². The van der Waals surface area contributed by atoms with Crippen molar-refractivity contribution in [1.29, 1.82) is 0 Å². The predicted molar refractivity (Wildman–Crippen MR) is 101 cm³/mol. The van der Waals surface area contributed by atoms with Crippen molar-refractivity contribution in [2.24, 2.45) is 0 Å². The maximum Gasteiger partial charge on any atom is 0.255 e. The Morgan fingerprint density at radius 2 is 1.68 bits per heavy atom. The van der Waals surface area contributed by atoms with E-state index in [1.165, 1.54) is 37.9 Å². The average Bonchev–Trinajstić information content (AvgIpc) is 2.65. The van der Waals surface area contributed by atoms with Gasteiger partial charge in [-0.25, -0.2) is 0 Å². The number of rotatable bonds is 6. The number of carbonyl (C=O) groups is 1. The number of nitrogens with one attached hydrogen (secondary N) is 1. The van der Waals surface area contributed by atoms with Crippen LogP contribution in [-0.4, -0.2) is 30.5 Å². The van der Waals surface area contributed by atoms with Gasteiger partial charge in [-0.2, -0.15) is 0 Å². The fourth-order valence-corrected chi connectivity index (χ4v) is 3.14. The van der Waals surface area contributed by atoms with Gasteiger partial charge in [0.15, 0.2) is 0 Å². The number of anilines is 1. The lowest BCUT2D eigenvalue weighted by atomic mass is 10.1. The van der Waals surface area contributed by atoms with Gasteiger partial charge < -0.3 is 10.1 Å². The first-order valence-electron chi connectivity index (χ1n) is 9.10. The summed E-state index contributed by atoms with van der Waals surface area (Å²) in [6.07, 6.45) is 3.96. The van der Waals surface area contributed by atoms with E-state index in [2.05, 4.69) is 22.3 Å². The predicted octanol–water partition coefficient (Wildman–Crippen LogP) is 4.32. The zero-order valence-electron chi connectivity index (χ0n) is 14.8. The second kappa shape index (κ2) is 8.67. The van der Waals surface area contributed by atoms with E-state index in [9.17, 15) is 4.79 Å². The third-order valence-corrected chi connectivity index (χ3v) is 4.49. The van der Waals surface area contributed by atoms with Gasteiger partial charge in [-0.05, 0) is 74.8 Å². The van der Waals surface area contributed by atoms with E-state index in [-0.39, 0.29) is 5.91 Å². The lowest BCUT2D eigenvalue weighted by Gasteiger charge is -2.26. The molecule has 0 atom stereocenters. The minimum absolute atomic E-state index is 0.105. The van der Waals surface area contributed by atoms with Crippen LogP contribution in [0.3, 0.4) is 0 Å². The van der Waals surface area contributed by atoms with Crippen molar-refractivity contribution >= 4 is 11.6 Å². The molecule has 0 saturated carbocycles. The van der Waals surface area contributed by atoms with Crippen LogP contribution in [0.4, 0.5) is 5.69 Å². The van der Waals surface area contributed by atoms with Gasteiger partial charge in [0.1, 0.15) is 5.75 Å². The van der Waals surface area contributed by atoms with Crippen LogP contribution in [0, 0.1) is 0 Å². The fraction of sp³-hybridized carbons (Fsp3) is 0.381. The summed E-state index contributed by atoms with van der Waals surface area (Å²) in [5.74, 6) is 0.674. The Morgan fingerprint density at radius 3 is 2.32 bits per heavy atom. The molecule has 0 aromatic heterocycles. The summed E-state index contributed by atoms with van der Waals surface area (Å²) in [7, 11) is 0. The molecule has 0 spiro atoms. The minimum Gasteiger partial charge on any atom is -0.494 e. The summed E-state index contributed by atoms with van der Waals surface area (Å²) in [4.78, 5) is 14.8. The molecule has 1 aliphatic rings. The Morgan fingerprint density at radius 1 is 1.00 bits per heavy atom. The van der Waals surface area contributed by atoms with Crippen molar-refractivity contribution in [2.75, 3.05) is 25.0 Å². The summed E-state index contributed by atoms with van der Waals surface area (Å²) in [6, 6.07) is 15.4. The van der Waals surface area contributed by atoms with E-state index in [0.29, 0.717) is 12.2 Å². The van der Waals surface area contributed by atoms with Crippen molar-refractivity contribution in [3.05, 3.63) is 59.7 Å². The molecule has 3 rings (SSSR count). The molecule has 0 aliphatic carbocycles. The first-order chi connectivity index (χ1) is 12.2. The third-order valence-electron chi connectivity index (χ3n) is 4.49. The molecule has 25 heavy (non-hydrogen) atoms. The van der Waals surface area contributed by atoms with Crippen LogP contribution in [0.5, 0.6) is 5.75 Å². The molecule has 1 aliphatic heterocycles. The number of hydrogen-bond donors (Lipinski definition) is 1. The van der Waals surface area contributed by atoms with Gasteiger partial charge in [0.05, 0.1) is 6.61 Å². The van der Waals surface area contributed by atoms with Gasteiger partial charge in [0, 0.05) is 17.8 Å². The zero-order valence-corrected chi connectivity index (χ0v) is 14.8. The normalized spacial score (nSPS) is 14.9. The Labute approximate surface area is 149 Å². The number of benzene rings is 2. The highest BCUT2D eigenvalue weighted by molar-refractivity contribution is 6.04. The molecular formula is C21H26N2O2. The smallest absolute Gasteiger partial charge is 0.255 e. The summed E-state index contributed by atoms with van der Waals surface area (Å²) in [6.45, 7) is 5.93. The summed E-state index contributed by atoms with van der Waals surface area (Å²) < 4.78 is 5.40. The quantitative estimate of drug-likeness (QED) is 0.853. The second-order valence-corrected chi connectivity index (χ2v) is 6.45. The van der Waals surface area contributed by atoms with Crippen molar-refractivity contribution in [1.82, 2.24) is 4.90 Å². The Bertz CT molecular complexity index is 674. The number of nitrogens with zero attached hydrogens (tertiary/aromatic N) is 1. The van der Waals surface area contributed by atoms with Crippen molar-refractivity contribution in [3.8, 4) is 5.75 Å². The highest BCUT2D eigenvalue weighted by atomic mass is 16.5. The van der Waals surface area contributed by atoms with Crippen LogP contribution in [-0.2, 0) is 6.54 Å². The molecule has 1 amide bonds. The van der Waals surface area contributed by atoms with E-state index in [0.717, 1.165) is 18.0 Å². The number of piperidine rings is 1. The summed E-state index contributed by atoms with van der Waals surface area (Å²) in [5, 5.41) is 2.95. The lowest BCUT2D eigenvalue weighted by Crippen LogP contribution is -2.29. The van der Waals surface area contributed by atoms with Gasteiger partial charge in [0.2, 0.25) is 0 Å². The minimum atomic E-state index is -0.105. The monoisotopic (exact) mass is 338 g/mol. The molecule has 4 heteroatoms. The fourth-order valence-electron chi connectivity index (χ4n) is 3.14. The van der Waals surface area contributed by atoms with E-state index < -0.39 is 0 Å². The maximum absolute atomic E-state index is 12.3. The molecule has 2 aromatic rings. The van der Waals surface area contributed by atoms with E-state index in [4.69, 9.17) is 4.74 Å². The number of likely N-dealkylation sites (tertiary alicyclic amines) is 1. The topological polar surface area (TPSA) is 41.6 Å². The van der Waals surface area contributed by atoms with Crippen LogP contribution < -0.4 is 10.1 Å². The van der Waals surface area contributed by atoms with Crippen molar-refractivity contribution in [2.45, 2.75) is 32.7 Å². The molecule has 0 radical (unpaired) electrons. The second-order valence-electron chi connectivity index (χ2n) is 6.45. The van der Waals surface area contributed by atoms with Gasteiger partial charge >= 0.3 is 0 Å². The summed E-state index contributed by atoms with van der Waals surface area (Å²) >= 11 is 0. The molecule has 1 saturated heterocycles.